The summed E-state index contributed by atoms with van der Waals surface area (Å²) in [4.78, 5) is 27.5. The minimum atomic E-state index is -0.501. The first-order valence-electron chi connectivity index (χ1n) is 9.31. The molecule has 0 radical (unpaired) electrons. The van der Waals surface area contributed by atoms with Gasteiger partial charge in [-0.1, -0.05) is 6.07 Å². The van der Waals surface area contributed by atoms with Gasteiger partial charge in [-0.3, -0.25) is 9.79 Å². The van der Waals surface area contributed by atoms with Crippen LogP contribution in [0.25, 0.3) is 0 Å². The van der Waals surface area contributed by atoms with Crippen molar-refractivity contribution in [3.63, 3.8) is 0 Å². The van der Waals surface area contributed by atoms with E-state index in [4.69, 9.17) is 4.74 Å². The molecule has 1 aromatic heterocycles. The maximum absolute atomic E-state index is 11.8. The number of nitrogens with one attached hydrogen (secondary N) is 3. The van der Waals surface area contributed by atoms with Crippen LogP contribution in [0.4, 0.5) is 4.79 Å². The first-order valence-corrected chi connectivity index (χ1v) is 9.31. The Morgan fingerprint density at radius 3 is 2.36 bits per heavy atom. The van der Waals surface area contributed by atoms with Crippen LogP contribution in [0.2, 0.25) is 0 Å². The molecule has 0 aromatic carbocycles. The first-order chi connectivity index (χ1) is 12.7. The van der Waals surface area contributed by atoms with Gasteiger partial charge in [0.1, 0.15) is 5.60 Å². The molecule has 0 atom stereocenters. The highest BCUT2D eigenvalue weighted by Crippen LogP contribution is 2.05. The lowest BCUT2D eigenvalue weighted by molar-refractivity contribution is 0.0529. The third-order valence-corrected chi connectivity index (χ3v) is 3.68. The van der Waals surface area contributed by atoms with Crippen molar-refractivity contribution in [2.45, 2.75) is 52.7 Å². The number of amides is 1. The number of halogens is 1. The van der Waals surface area contributed by atoms with Crippen molar-refractivity contribution in [3.8, 4) is 0 Å². The van der Waals surface area contributed by atoms with Crippen molar-refractivity contribution >= 4 is 36.0 Å². The van der Waals surface area contributed by atoms with Crippen LogP contribution in [0.15, 0.2) is 28.0 Å². The van der Waals surface area contributed by atoms with Gasteiger partial charge in [0.25, 0.3) is 5.56 Å². The van der Waals surface area contributed by atoms with Gasteiger partial charge in [0.2, 0.25) is 0 Å². The number of nitrogens with zero attached hydrogens (tertiary/aromatic N) is 2. The number of alkyl carbamates (subject to hydrolysis) is 1. The normalized spacial score (nSPS) is 11.4. The average molecular weight is 507 g/mol. The molecule has 0 saturated carbocycles. The fourth-order valence-corrected chi connectivity index (χ4v) is 2.39. The summed E-state index contributed by atoms with van der Waals surface area (Å²) >= 11 is 0. The van der Waals surface area contributed by atoms with E-state index in [1.165, 1.54) is 0 Å². The van der Waals surface area contributed by atoms with Gasteiger partial charge < -0.3 is 25.3 Å². The Morgan fingerprint density at radius 1 is 1.11 bits per heavy atom. The largest absolute Gasteiger partial charge is 0.444 e. The van der Waals surface area contributed by atoms with Gasteiger partial charge in [0.15, 0.2) is 5.96 Å². The Kier molecular flexibility index (Phi) is 12.6. The SMILES string of the molecule is CN=C(NCCCCn1c(C)cccc1=O)NCCNC(=O)OC(C)(C)C.I. The Labute approximate surface area is 184 Å². The molecule has 1 heterocycles. The van der Waals surface area contributed by atoms with E-state index in [0.29, 0.717) is 25.6 Å². The Balaban J connectivity index is 0.00000729. The molecule has 0 saturated heterocycles. The molecular formula is C19H34IN5O3. The number of carbonyl (C=O) groups excluding carboxylic acids is 1. The van der Waals surface area contributed by atoms with Crippen LogP contribution in [-0.2, 0) is 11.3 Å². The Morgan fingerprint density at radius 2 is 1.75 bits per heavy atom. The zero-order valence-electron chi connectivity index (χ0n) is 17.5. The number of unbranched alkanes of at least 4 members (excludes halogenated alkanes) is 1. The average Bonchev–Trinajstić information content (AvgIpc) is 2.57. The van der Waals surface area contributed by atoms with Gasteiger partial charge in [0, 0.05) is 45.0 Å². The van der Waals surface area contributed by atoms with E-state index in [-0.39, 0.29) is 29.5 Å². The molecule has 1 amide bonds. The Bertz CT molecular complexity index is 683. The summed E-state index contributed by atoms with van der Waals surface area (Å²) in [7, 11) is 1.70. The fourth-order valence-electron chi connectivity index (χ4n) is 2.39. The van der Waals surface area contributed by atoms with Crippen molar-refractivity contribution in [1.29, 1.82) is 0 Å². The molecular weight excluding hydrogens is 473 g/mol. The van der Waals surface area contributed by atoms with E-state index in [2.05, 4.69) is 20.9 Å². The van der Waals surface area contributed by atoms with E-state index < -0.39 is 11.7 Å². The number of rotatable bonds is 8. The molecule has 0 aliphatic rings. The predicted molar refractivity (Wildman–Crippen MR) is 124 cm³/mol. The summed E-state index contributed by atoms with van der Waals surface area (Å²) in [6.45, 7) is 9.85. The number of hydrogen-bond donors (Lipinski definition) is 3. The minimum Gasteiger partial charge on any atom is -0.444 e. The number of carbonyl (C=O) groups is 1. The van der Waals surface area contributed by atoms with E-state index >= 15 is 0 Å². The molecule has 0 bridgehead atoms. The van der Waals surface area contributed by atoms with E-state index in [0.717, 1.165) is 25.1 Å². The molecule has 0 aliphatic carbocycles. The maximum atomic E-state index is 11.8. The van der Waals surface area contributed by atoms with Crippen molar-refractivity contribution in [2.75, 3.05) is 26.7 Å². The summed E-state index contributed by atoms with van der Waals surface area (Å²) in [5.74, 6) is 0.675. The van der Waals surface area contributed by atoms with Crippen molar-refractivity contribution in [3.05, 3.63) is 34.2 Å². The molecule has 0 aliphatic heterocycles. The van der Waals surface area contributed by atoms with Crippen LogP contribution < -0.4 is 21.5 Å². The van der Waals surface area contributed by atoms with Gasteiger partial charge in [0.05, 0.1) is 0 Å². The second-order valence-electron chi connectivity index (χ2n) is 7.22. The zero-order valence-corrected chi connectivity index (χ0v) is 19.8. The Hall–Kier alpha value is -1.78. The highest BCUT2D eigenvalue weighted by atomic mass is 127. The summed E-state index contributed by atoms with van der Waals surface area (Å²) in [6, 6.07) is 5.31. The van der Waals surface area contributed by atoms with Crippen molar-refractivity contribution < 1.29 is 9.53 Å². The second-order valence-corrected chi connectivity index (χ2v) is 7.22. The van der Waals surface area contributed by atoms with Crippen LogP contribution in [0.3, 0.4) is 0 Å². The molecule has 9 heteroatoms. The van der Waals surface area contributed by atoms with Crippen LogP contribution in [0.1, 0.15) is 39.3 Å². The third kappa shape index (κ3) is 11.2. The molecule has 28 heavy (non-hydrogen) atoms. The number of aryl methyl sites for hydroxylation is 1. The molecule has 0 unspecified atom stereocenters. The van der Waals surface area contributed by atoms with Gasteiger partial charge in [-0.25, -0.2) is 4.79 Å². The highest BCUT2D eigenvalue weighted by molar-refractivity contribution is 14.0. The highest BCUT2D eigenvalue weighted by Gasteiger charge is 2.15. The zero-order chi connectivity index (χ0) is 20.3. The fraction of sp³-hybridized carbons (Fsp3) is 0.632. The van der Waals surface area contributed by atoms with Crippen LogP contribution >= 0.6 is 24.0 Å². The minimum absolute atomic E-state index is 0. The van der Waals surface area contributed by atoms with Crippen molar-refractivity contribution in [1.82, 2.24) is 20.5 Å². The first kappa shape index (κ1) is 26.2. The molecule has 160 valence electrons. The van der Waals surface area contributed by atoms with Crippen LogP contribution in [0.5, 0.6) is 0 Å². The van der Waals surface area contributed by atoms with Gasteiger partial charge >= 0.3 is 6.09 Å². The molecule has 3 N–H and O–H groups in total. The second kappa shape index (κ2) is 13.4. The third-order valence-electron chi connectivity index (χ3n) is 3.68. The lowest BCUT2D eigenvalue weighted by Crippen LogP contribution is -2.42. The van der Waals surface area contributed by atoms with E-state index in [1.807, 2.05) is 33.8 Å². The number of ether oxygens (including phenoxy) is 1. The van der Waals surface area contributed by atoms with Crippen LogP contribution in [0, 0.1) is 6.92 Å². The molecule has 1 rings (SSSR count). The smallest absolute Gasteiger partial charge is 0.407 e. The molecule has 8 nitrogen and oxygen atoms in total. The summed E-state index contributed by atoms with van der Waals surface area (Å²) in [5.41, 5.74) is 0.516. The molecule has 0 fully saturated rings. The summed E-state index contributed by atoms with van der Waals surface area (Å²) in [5, 5.41) is 9.03. The van der Waals surface area contributed by atoms with Gasteiger partial charge in [-0.2, -0.15) is 0 Å². The quantitative estimate of drug-likeness (QED) is 0.217. The summed E-state index contributed by atoms with van der Waals surface area (Å²) < 4.78 is 6.96. The van der Waals surface area contributed by atoms with E-state index in [9.17, 15) is 9.59 Å². The number of guanidine groups is 1. The topological polar surface area (TPSA) is 96.8 Å². The molecule has 0 spiro atoms. The lowest BCUT2D eigenvalue weighted by Gasteiger charge is -2.20. The standard InChI is InChI=1S/C19H33N5O3.HI/c1-15-9-8-10-16(25)24(15)14-7-6-11-21-17(20-5)22-12-13-23-18(26)27-19(2,3)4;/h8-10H,6-7,11-14H2,1-5H3,(H,23,26)(H2,20,21,22);1H. The number of aromatic nitrogens is 1. The molecule has 1 aromatic rings. The maximum Gasteiger partial charge on any atom is 0.407 e. The lowest BCUT2D eigenvalue weighted by atomic mass is 10.2. The number of pyridine rings is 1. The summed E-state index contributed by atoms with van der Waals surface area (Å²) in [6.07, 6.45) is 1.38. The van der Waals surface area contributed by atoms with Gasteiger partial charge in [-0.05, 0) is 46.6 Å². The number of aliphatic imine (C=N–C) groups is 1. The van der Waals surface area contributed by atoms with E-state index in [1.54, 1.807) is 23.7 Å². The number of hydrogen-bond acceptors (Lipinski definition) is 4. The predicted octanol–water partition coefficient (Wildman–Crippen LogP) is 2.24. The van der Waals surface area contributed by atoms with Crippen LogP contribution in [-0.4, -0.2) is 48.9 Å². The van der Waals surface area contributed by atoms with Gasteiger partial charge in [-0.15, -0.1) is 24.0 Å². The monoisotopic (exact) mass is 507 g/mol. The van der Waals surface area contributed by atoms with Crippen molar-refractivity contribution in [2.24, 2.45) is 4.99 Å².